The van der Waals surface area contributed by atoms with Crippen molar-refractivity contribution in [2.75, 3.05) is 26.3 Å². The largest absolute Gasteiger partial charge is 0.378 e. The summed E-state index contributed by atoms with van der Waals surface area (Å²) in [6, 6.07) is 9.26. The first-order chi connectivity index (χ1) is 15.4. The minimum atomic E-state index is -0.487. The van der Waals surface area contributed by atoms with Gasteiger partial charge in [-0.2, -0.15) is 0 Å². The van der Waals surface area contributed by atoms with Crippen molar-refractivity contribution < 1.29 is 13.9 Å². The fraction of sp³-hybridized carbons (Fsp3) is 0.440. The van der Waals surface area contributed by atoms with Crippen LogP contribution < -0.4 is 5.32 Å². The molecule has 2 aliphatic rings. The highest BCUT2D eigenvalue weighted by atomic mass is 19.1. The van der Waals surface area contributed by atoms with Crippen molar-refractivity contribution in [3.05, 3.63) is 65.9 Å². The summed E-state index contributed by atoms with van der Waals surface area (Å²) in [5, 5.41) is 4.37. The maximum absolute atomic E-state index is 14.0. The van der Waals surface area contributed by atoms with Crippen molar-refractivity contribution in [2.45, 2.75) is 44.3 Å². The van der Waals surface area contributed by atoms with E-state index < -0.39 is 5.54 Å². The van der Waals surface area contributed by atoms with E-state index in [-0.39, 0.29) is 23.7 Å². The summed E-state index contributed by atoms with van der Waals surface area (Å²) in [6.45, 7) is 7.33. The molecule has 2 aliphatic heterocycles. The standard InChI is InChI=1S/C25H29FN4O2/c1-17(2)30-13-19(21-6-5-20(26)10-23(21)30)12-29-14-22(18-4-3-8-27-11-18)25(15-29)16-32-9-7-24(31)28-25/h3-6,8,10-11,13,17,22H,7,9,12,14-16H2,1-2H3,(H,28,31)/t22-,25-/m0/s1. The fourth-order valence-electron chi connectivity index (χ4n) is 5.29. The number of benzene rings is 1. The van der Waals surface area contributed by atoms with Gasteiger partial charge in [0, 0.05) is 62.0 Å². The molecule has 5 rings (SSSR count). The van der Waals surface area contributed by atoms with Crippen LogP contribution in [0.25, 0.3) is 10.9 Å². The molecule has 1 amide bonds. The molecule has 2 fully saturated rings. The van der Waals surface area contributed by atoms with Gasteiger partial charge in [-0.25, -0.2) is 4.39 Å². The fourth-order valence-corrected chi connectivity index (χ4v) is 5.29. The first-order valence-corrected chi connectivity index (χ1v) is 11.3. The molecule has 32 heavy (non-hydrogen) atoms. The minimum absolute atomic E-state index is 0.0325. The first-order valence-electron chi connectivity index (χ1n) is 11.3. The molecule has 168 valence electrons. The van der Waals surface area contributed by atoms with Crippen LogP contribution >= 0.6 is 0 Å². The number of nitrogens with zero attached hydrogens (tertiary/aromatic N) is 3. The van der Waals surface area contributed by atoms with E-state index in [1.807, 2.05) is 18.3 Å². The van der Waals surface area contributed by atoms with Crippen LogP contribution in [0.1, 0.15) is 43.4 Å². The highest BCUT2D eigenvalue weighted by Gasteiger charge is 2.49. The molecule has 4 heterocycles. The van der Waals surface area contributed by atoms with Crippen LogP contribution in [0.15, 0.2) is 48.9 Å². The van der Waals surface area contributed by atoms with Gasteiger partial charge in [-0.15, -0.1) is 0 Å². The summed E-state index contributed by atoms with van der Waals surface area (Å²) >= 11 is 0. The summed E-state index contributed by atoms with van der Waals surface area (Å²) in [5.41, 5.74) is 2.70. The zero-order valence-electron chi connectivity index (χ0n) is 18.6. The number of pyridine rings is 1. The molecule has 0 saturated carbocycles. The molecule has 0 bridgehead atoms. The molecule has 2 saturated heterocycles. The van der Waals surface area contributed by atoms with Crippen molar-refractivity contribution in [1.82, 2.24) is 19.8 Å². The second-order valence-electron chi connectivity index (χ2n) is 9.33. The molecule has 1 spiro atoms. The van der Waals surface area contributed by atoms with Crippen LogP contribution in [0.3, 0.4) is 0 Å². The van der Waals surface area contributed by atoms with Gasteiger partial charge in [0.15, 0.2) is 0 Å². The molecule has 7 heteroatoms. The number of likely N-dealkylation sites (tertiary alicyclic amines) is 1. The molecule has 6 nitrogen and oxygen atoms in total. The van der Waals surface area contributed by atoms with Crippen molar-refractivity contribution in [3.63, 3.8) is 0 Å². The maximum Gasteiger partial charge on any atom is 0.222 e. The number of halogens is 1. The molecule has 2 atom stereocenters. The number of hydrogen-bond donors (Lipinski definition) is 1. The van der Waals surface area contributed by atoms with Crippen molar-refractivity contribution in [2.24, 2.45) is 0 Å². The van der Waals surface area contributed by atoms with Gasteiger partial charge >= 0.3 is 0 Å². The van der Waals surface area contributed by atoms with Crippen LogP contribution in [0.5, 0.6) is 0 Å². The number of rotatable bonds is 4. The Hall–Kier alpha value is -2.77. The van der Waals surface area contributed by atoms with Crippen LogP contribution in [0.2, 0.25) is 0 Å². The Morgan fingerprint density at radius 2 is 2.22 bits per heavy atom. The monoisotopic (exact) mass is 436 g/mol. The Labute approximate surface area is 187 Å². The minimum Gasteiger partial charge on any atom is -0.378 e. The average Bonchev–Trinajstić information content (AvgIpc) is 3.23. The number of ether oxygens (including phenoxy) is 1. The van der Waals surface area contributed by atoms with E-state index in [1.54, 1.807) is 12.3 Å². The smallest absolute Gasteiger partial charge is 0.222 e. The van der Waals surface area contributed by atoms with Crippen LogP contribution in [0.4, 0.5) is 4.39 Å². The second kappa shape index (κ2) is 8.30. The van der Waals surface area contributed by atoms with Gasteiger partial charge in [-0.1, -0.05) is 6.07 Å². The lowest BCUT2D eigenvalue weighted by molar-refractivity contribution is -0.122. The van der Waals surface area contributed by atoms with Gasteiger partial charge in [0.1, 0.15) is 5.82 Å². The van der Waals surface area contributed by atoms with E-state index >= 15 is 0 Å². The third-order valence-corrected chi connectivity index (χ3v) is 6.75. The quantitative estimate of drug-likeness (QED) is 0.679. The van der Waals surface area contributed by atoms with Gasteiger partial charge in [0.2, 0.25) is 5.91 Å². The zero-order chi connectivity index (χ0) is 22.3. The number of nitrogens with one attached hydrogen (secondary N) is 1. The Morgan fingerprint density at radius 3 is 3.00 bits per heavy atom. The van der Waals surface area contributed by atoms with E-state index in [9.17, 15) is 9.18 Å². The number of fused-ring (bicyclic) bond motifs is 1. The lowest BCUT2D eigenvalue weighted by Crippen LogP contribution is -2.55. The summed E-state index contributed by atoms with van der Waals surface area (Å²) in [4.78, 5) is 19.2. The van der Waals surface area contributed by atoms with E-state index in [0.717, 1.165) is 35.1 Å². The summed E-state index contributed by atoms with van der Waals surface area (Å²) < 4.78 is 22.0. The number of hydrogen-bond acceptors (Lipinski definition) is 4. The van der Waals surface area contributed by atoms with Crippen molar-refractivity contribution in [1.29, 1.82) is 0 Å². The predicted octanol–water partition coefficient (Wildman–Crippen LogP) is 3.63. The molecule has 3 aromatic rings. The third-order valence-electron chi connectivity index (χ3n) is 6.75. The van der Waals surface area contributed by atoms with E-state index in [1.165, 1.54) is 6.07 Å². The molecule has 0 unspecified atom stereocenters. The zero-order valence-corrected chi connectivity index (χ0v) is 18.6. The van der Waals surface area contributed by atoms with E-state index in [4.69, 9.17) is 4.74 Å². The topological polar surface area (TPSA) is 59.4 Å². The maximum atomic E-state index is 14.0. The van der Waals surface area contributed by atoms with Gasteiger partial charge in [-0.3, -0.25) is 14.7 Å². The number of carbonyl (C=O) groups excluding carboxylic acids is 1. The summed E-state index contributed by atoms with van der Waals surface area (Å²) in [6.07, 6.45) is 6.18. The van der Waals surface area contributed by atoms with Crippen LogP contribution in [-0.4, -0.2) is 52.2 Å². The average molecular weight is 437 g/mol. The van der Waals surface area contributed by atoms with Gasteiger partial charge in [-0.05, 0) is 49.2 Å². The highest BCUT2D eigenvalue weighted by Crippen LogP contribution is 2.38. The molecular weight excluding hydrogens is 407 g/mol. The molecule has 2 aromatic heterocycles. The number of carbonyl (C=O) groups is 1. The van der Waals surface area contributed by atoms with Crippen LogP contribution in [-0.2, 0) is 16.1 Å². The Bertz CT molecular complexity index is 1130. The molecule has 0 aliphatic carbocycles. The predicted molar refractivity (Wildman–Crippen MR) is 121 cm³/mol. The molecule has 1 N–H and O–H groups in total. The summed E-state index contributed by atoms with van der Waals surface area (Å²) in [5.74, 6) is -0.113. The molecule has 0 radical (unpaired) electrons. The van der Waals surface area contributed by atoms with Gasteiger partial charge in [0.25, 0.3) is 0 Å². The van der Waals surface area contributed by atoms with Gasteiger partial charge < -0.3 is 14.6 Å². The first kappa shape index (κ1) is 21.1. The number of aromatic nitrogens is 2. The normalized spacial score (nSPS) is 24.4. The highest BCUT2D eigenvalue weighted by molar-refractivity contribution is 5.84. The SMILES string of the molecule is CC(C)n1cc(CN2C[C@@H](c3cccnc3)[C@@]3(COCCC(=O)N3)C2)c2ccc(F)cc21. The third kappa shape index (κ3) is 3.80. The molecule has 1 aromatic carbocycles. The van der Waals surface area contributed by atoms with E-state index in [2.05, 4.69) is 45.9 Å². The Balaban J connectivity index is 1.49. The molecular formula is C25H29FN4O2. The van der Waals surface area contributed by atoms with Crippen LogP contribution in [0, 0.1) is 5.82 Å². The van der Waals surface area contributed by atoms with Crippen molar-refractivity contribution in [3.8, 4) is 0 Å². The lowest BCUT2D eigenvalue weighted by atomic mass is 9.83. The lowest BCUT2D eigenvalue weighted by Gasteiger charge is -2.34. The second-order valence-corrected chi connectivity index (χ2v) is 9.33. The number of amides is 1. The van der Waals surface area contributed by atoms with Gasteiger partial charge in [0.05, 0.1) is 24.3 Å². The van der Waals surface area contributed by atoms with E-state index in [0.29, 0.717) is 26.2 Å². The van der Waals surface area contributed by atoms with Crippen molar-refractivity contribution >= 4 is 16.8 Å². The summed E-state index contributed by atoms with van der Waals surface area (Å²) in [7, 11) is 0. The Morgan fingerprint density at radius 1 is 1.34 bits per heavy atom. The Kier molecular flexibility index (Phi) is 5.47.